The largest absolute Gasteiger partial charge is 0.492 e. The lowest BCUT2D eigenvalue weighted by Crippen LogP contribution is -2.34. The Hall–Kier alpha value is -3.06. The van der Waals surface area contributed by atoms with Gasteiger partial charge in [0.25, 0.3) is 0 Å². The topological polar surface area (TPSA) is 80.5 Å². The first-order valence-corrected chi connectivity index (χ1v) is 9.92. The van der Waals surface area contributed by atoms with Gasteiger partial charge in [0, 0.05) is 17.1 Å². The molecule has 1 N–H and O–H groups in total. The molecule has 8 heteroatoms. The van der Waals surface area contributed by atoms with Crippen molar-refractivity contribution in [2.45, 2.75) is 25.8 Å². The van der Waals surface area contributed by atoms with Gasteiger partial charge in [-0.05, 0) is 44.0 Å². The number of amides is 2. The molecular formula is C21H21ClN4O3. The van der Waals surface area contributed by atoms with Gasteiger partial charge in [0.1, 0.15) is 11.8 Å². The number of carbonyl (C=O) groups is 1. The fourth-order valence-corrected chi connectivity index (χ4v) is 3.61. The lowest BCUT2D eigenvalue weighted by Gasteiger charge is -2.23. The van der Waals surface area contributed by atoms with Gasteiger partial charge in [0.15, 0.2) is 0 Å². The molecule has 150 valence electrons. The number of nitrogens with zero attached hydrogens (tertiary/aromatic N) is 3. The maximum Gasteiger partial charge on any atom is 0.322 e. The number of aromatic nitrogens is 2. The number of para-hydroxylation sites is 2. The number of anilines is 1. The van der Waals surface area contributed by atoms with E-state index >= 15 is 0 Å². The van der Waals surface area contributed by atoms with Gasteiger partial charge in [-0.3, -0.25) is 0 Å². The second-order valence-electron chi connectivity index (χ2n) is 6.68. The van der Waals surface area contributed by atoms with Crippen molar-refractivity contribution in [1.82, 2.24) is 15.0 Å². The Kier molecular flexibility index (Phi) is 5.67. The zero-order chi connectivity index (χ0) is 20.2. The van der Waals surface area contributed by atoms with Crippen molar-refractivity contribution in [2.24, 2.45) is 0 Å². The highest BCUT2D eigenvalue weighted by Gasteiger charge is 2.34. The van der Waals surface area contributed by atoms with E-state index in [1.165, 1.54) is 0 Å². The Bertz CT molecular complexity index is 1010. The van der Waals surface area contributed by atoms with Crippen molar-refractivity contribution in [3.8, 4) is 17.1 Å². The number of ether oxygens (including phenoxy) is 1. The first-order chi connectivity index (χ1) is 14.2. The first kappa shape index (κ1) is 19.3. The van der Waals surface area contributed by atoms with Crippen LogP contribution in [-0.4, -0.2) is 34.2 Å². The third-order valence-electron chi connectivity index (χ3n) is 4.75. The smallest absolute Gasteiger partial charge is 0.322 e. The van der Waals surface area contributed by atoms with Crippen molar-refractivity contribution >= 4 is 23.3 Å². The second-order valence-corrected chi connectivity index (χ2v) is 7.11. The van der Waals surface area contributed by atoms with Crippen LogP contribution >= 0.6 is 11.6 Å². The second kappa shape index (κ2) is 8.53. The highest BCUT2D eigenvalue weighted by molar-refractivity contribution is 6.30. The molecule has 2 amide bonds. The summed E-state index contributed by atoms with van der Waals surface area (Å²) in [4.78, 5) is 19.2. The molecule has 0 saturated carbocycles. The van der Waals surface area contributed by atoms with E-state index in [1.807, 2.05) is 43.3 Å². The van der Waals surface area contributed by atoms with Crippen LogP contribution in [0.5, 0.6) is 5.75 Å². The standard InChI is InChI=1S/C21H21ClN4O3/c1-2-28-18-11-4-3-9-16(18)23-21(27)26-12-6-10-17(26)20-24-19(25-29-20)14-7-5-8-15(22)13-14/h3-5,7-9,11,13,17H,2,6,10,12H2,1H3,(H,23,27)/t17-/m1/s1. The fraction of sp³-hybridized carbons (Fsp3) is 0.286. The van der Waals surface area contributed by atoms with Crippen LogP contribution in [-0.2, 0) is 0 Å². The van der Waals surface area contributed by atoms with Crippen molar-refractivity contribution in [3.05, 3.63) is 59.4 Å². The number of urea groups is 1. The minimum atomic E-state index is -0.269. The van der Waals surface area contributed by atoms with Crippen LogP contribution < -0.4 is 10.1 Å². The average molecular weight is 413 g/mol. The number of benzene rings is 2. The van der Waals surface area contributed by atoms with E-state index in [4.69, 9.17) is 20.9 Å². The number of nitrogens with one attached hydrogen (secondary N) is 1. The summed E-state index contributed by atoms with van der Waals surface area (Å²) in [5.74, 6) is 1.52. The van der Waals surface area contributed by atoms with Crippen molar-refractivity contribution in [1.29, 1.82) is 0 Å². The maximum atomic E-state index is 12.9. The summed E-state index contributed by atoms with van der Waals surface area (Å²) in [6.07, 6.45) is 1.62. The number of halogens is 1. The molecule has 29 heavy (non-hydrogen) atoms. The molecule has 0 spiro atoms. The SMILES string of the molecule is CCOc1ccccc1NC(=O)N1CCC[C@@H]1c1nc(-c2cccc(Cl)c2)no1. The highest BCUT2D eigenvalue weighted by atomic mass is 35.5. The molecule has 1 atom stereocenters. The minimum Gasteiger partial charge on any atom is -0.492 e. The van der Waals surface area contributed by atoms with Crippen LogP contribution in [0.1, 0.15) is 31.7 Å². The summed E-state index contributed by atoms with van der Waals surface area (Å²) in [6.45, 7) is 3.04. The van der Waals surface area contributed by atoms with Gasteiger partial charge in [0.05, 0.1) is 12.3 Å². The summed E-state index contributed by atoms with van der Waals surface area (Å²) < 4.78 is 11.1. The van der Waals surface area contributed by atoms with Crippen LogP contribution in [0.4, 0.5) is 10.5 Å². The summed E-state index contributed by atoms with van der Waals surface area (Å²) >= 11 is 6.05. The number of carbonyl (C=O) groups excluding carboxylic acids is 1. The number of hydrogen-bond donors (Lipinski definition) is 1. The molecule has 3 aromatic rings. The molecule has 2 heterocycles. The Morgan fingerprint density at radius 3 is 3.00 bits per heavy atom. The maximum absolute atomic E-state index is 12.9. The van der Waals surface area contributed by atoms with Crippen LogP contribution in [0.25, 0.3) is 11.4 Å². The van der Waals surface area contributed by atoms with Crippen LogP contribution in [0.3, 0.4) is 0 Å². The molecule has 4 rings (SSSR count). The molecule has 1 saturated heterocycles. The molecule has 0 bridgehead atoms. The molecule has 7 nitrogen and oxygen atoms in total. The number of rotatable bonds is 5. The van der Waals surface area contributed by atoms with Gasteiger partial charge in [-0.2, -0.15) is 4.98 Å². The van der Waals surface area contributed by atoms with Crippen LogP contribution in [0.2, 0.25) is 5.02 Å². The third-order valence-corrected chi connectivity index (χ3v) is 4.99. The molecule has 0 aliphatic carbocycles. The Balaban J connectivity index is 1.52. The molecule has 1 aliphatic heterocycles. The van der Waals surface area contributed by atoms with Gasteiger partial charge < -0.3 is 19.5 Å². The molecule has 0 unspecified atom stereocenters. The number of hydrogen-bond acceptors (Lipinski definition) is 5. The van der Waals surface area contributed by atoms with Crippen LogP contribution in [0.15, 0.2) is 53.1 Å². The first-order valence-electron chi connectivity index (χ1n) is 9.54. The zero-order valence-corrected chi connectivity index (χ0v) is 16.7. The Morgan fingerprint density at radius 2 is 2.17 bits per heavy atom. The lowest BCUT2D eigenvalue weighted by molar-refractivity contribution is 0.193. The summed E-state index contributed by atoms with van der Waals surface area (Å²) in [6, 6.07) is 14.1. The number of likely N-dealkylation sites (tertiary alicyclic amines) is 1. The van der Waals surface area contributed by atoms with E-state index in [0.29, 0.717) is 41.3 Å². The van der Waals surface area contributed by atoms with Gasteiger partial charge >= 0.3 is 6.03 Å². The van der Waals surface area contributed by atoms with E-state index in [0.717, 1.165) is 18.4 Å². The Labute approximate surface area is 173 Å². The van der Waals surface area contributed by atoms with E-state index in [2.05, 4.69) is 15.5 Å². The minimum absolute atomic E-state index is 0.220. The van der Waals surface area contributed by atoms with E-state index in [-0.39, 0.29) is 12.1 Å². The Morgan fingerprint density at radius 1 is 1.31 bits per heavy atom. The van der Waals surface area contributed by atoms with Gasteiger partial charge in [-0.25, -0.2) is 4.79 Å². The van der Waals surface area contributed by atoms with Gasteiger partial charge in [0.2, 0.25) is 11.7 Å². The van der Waals surface area contributed by atoms with Crippen molar-refractivity contribution in [3.63, 3.8) is 0 Å². The molecule has 1 aliphatic rings. The predicted molar refractivity (Wildman–Crippen MR) is 110 cm³/mol. The lowest BCUT2D eigenvalue weighted by atomic mass is 10.2. The van der Waals surface area contributed by atoms with Gasteiger partial charge in [-0.1, -0.05) is 41.0 Å². The summed E-state index contributed by atoms with van der Waals surface area (Å²) in [5.41, 5.74) is 1.40. The normalized spacial score (nSPS) is 16.1. The molecule has 2 aromatic carbocycles. The van der Waals surface area contributed by atoms with E-state index < -0.39 is 0 Å². The van der Waals surface area contributed by atoms with Crippen molar-refractivity contribution in [2.75, 3.05) is 18.5 Å². The fourth-order valence-electron chi connectivity index (χ4n) is 3.42. The van der Waals surface area contributed by atoms with E-state index in [9.17, 15) is 4.79 Å². The molecule has 1 fully saturated rings. The van der Waals surface area contributed by atoms with Crippen molar-refractivity contribution < 1.29 is 14.1 Å². The van der Waals surface area contributed by atoms with Crippen LogP contribution in [0, 0.1) is 0 Å². The monoisotopic (exact) mass is 412 g/mol. The molecule has 1 aromatic heterocycles. The molecule has 0 radical (unpaired) electrons. The average Bonchev–Trinajstić information content (AvgIpc) is 3.39. The predicted octanol–water partition coefficient (Wildman–Crippen LogP) is 5.16. The quantitative estimate of drug-likeness (QED) is 0.626. The highest BCUT2D eigenvalue weighted by Crippen LogP contribution is 2.33. The molecular weight excluding hydrogens is 392 g/mol. The summed E-state index contributed by atoms with van der Waals surface area (Å²) in [5, 5.41) is 7.60. The zero-order valence-electron chi connectivity index (χ0n) is 16.0. The van der Waals surface area contributed by atoms with Gasteiger partial charge in [-0.15, -0.1) is 0 Å². The van der Waals surface area contributed by atoms with E-state index in [1.54, 1.807) is 17.0 Å². The third kappa shape index (κ3) is 4.19. The summed E-state index contributed by atoms with van der Waals surface area (Å²) in [7, 11) is 0.